The molecule has 0 bridgehead atoms. The number of aromatic nitrogens is 4. The number of sulfonamides is 2. The molecule has 0 radical (unpaired) electrons. The molecule has 2 aliphatic rings. The normalized spacial score (nSPS) is 14.9. The number of aromatic hydroxyl groups is 1. The lowest BCUT2D eigenvalue weighted by atomic mass is 10.2. The monoisotopic (exact) mass is 953 g/mol. The van der Waals surface area contributed by atoms with Crippen LogP contribution < -0.4 is 7.89 Å². The number of methoxy groups -OCH3 is 2. The zero-order valence-corrected chi connectivity index (χ0v) is 33.6. The fourth-order valence-corrected chi connectivity index (χ4v) is 8.69. The number of benzene rings is 1. The minimum absolute atomic E-state index is 0.115. The number of nitrogens with zero attached hydrogens (tertiary/aromatic N) is 5. The number of fused-ring (bicyclic) bond motifs is 2. The van der Waals surface area contributed by atoms with Crippen molar-refractivity contribution in [2.75, 3.05) is 17.9 Å². The number of rotatable bonds is 9. The molecule has 4 heterocycles. The van der Waals surface area contributed by atoms with E-state index >= 15 is 0 Å². The molecule has 2 fully saturated rings. The summed E-state index contributed by atoms with van der Waals surface area (Å²) in [6.45, 7) is 0. The van der Waals surface area contributed by atoms with Crippen molar-refractivity contribution in [2.24, 2.45) is 0 Å². The van der Waals surface area contributed by atoms with Gasteiger partial charge < -0.3 is 18.8 Å². The van der Waals surface area contributed by atoms with Gasteiger partial charge in [0, 0.05) is 11.8 Å². The molecule has 62 heavy (non-hydrogen) atoms. The molecule has 7 rings (SSSR count). The number of carbonyl (C=O) groups is 2. The zero-order valence-electron chi connectivity index (χ0n) is 31.1. The molecule has 0 atom stereocenters. The molecular weight excluding hydrogens is 926 g/mol. The van der Waals surface area contributed by atoms with Crippen molar-refractivity contribution in [3.8, 4) is 11.5 Å². The number of halogens is 9. The molecule has 0 saturated heterocycles. The van der Waals surface area contributed by atoms with Gasteiger partial charge in [-0.2, -0.15) is 75.0 Å². The van der Waals surface area contributed by atoms with Crippen molar-refractivity contribution < 1.29 is 93.1 Å². The first-order valence-electron chi connectivity index (χ1n) is 17.0. The van der Waals surface area contributed by atoms with E-state index in [-0.39, 0.29) is 22.9 Å². The maximum atomic E-state index is 12.5. The largest absolute Gasteiger partial charge is 0.534 e. The number of anilines is 1. The van der Waals surface area contributed by atoms with E-state index in [0.29, 0.717) is 47.5 Å². The molecule has 5 aromatic rings. The Morgan fingerprint density at radius 2 is 1.06 bits per heavy atom. The molecule has 0 amide bonds. The third-order valence-electron chi connectivity index (χ3n) is 8.59. The van der Waals surface area contributed by atoms with Gasteiger partial charge in [-0.1, -0.05) is 18.2 Å². The molecule has 338 valence electrons. The van der Waals surface area contributed by atoms with Crippen LogP contribution in [0.15, 0.2) is 67.0 Å². The highest BCUT2D eigenvalue weighted by Gasteiger charge is 2.61. The Kier molecular flexibility index (Phi) is 12.8. The van der Waals surface area contributed by atoms with Crippen LogP contribution in [0.5, 0.6) is 11.5 Å². The molecule has 4 aromatic heterocycles. The van der Waals surface area contributed by atoms with Crippen LogP contribution in [0.25, 0.3) is 11.0 Å². The highest BCUT2D eigenvalue weighted by Crippen LogP contribution is 2.46. The summed E-state index contributed by atoms with van der Waals surface area (Å²) in [4.78, 5) is 23.2. The van der Waals surface area contributed by atoms with Gasteiger partial charge in [-0.05, 0) is 62.1 Å². The van der Waals surface area contributed by atoms with E-state index in [4.69, 9.17) is 4.74 Å². The highest BCUT2D eigenvalue weighted by atomic mass is 32.3. The Morgan fingerprint density at radius 3 is 1.47 bits per heavy atom. The SMILES string of the molecule is COC(=O)c1cnn2c(C3CC3)c(O)ccc12.COC(=O)c1cnn2c(C3CC3)c(OS(=O)(=O)C(F)(F)F)ccc12.O=S(=O)(N(c1ccccc1)S(=O)(=O)C(F)(F)F)C(F)(F)F. The van der Waals surface area contributed by atoms with Gasteiger partial charge in [0.05, 0.1) is 54.7 Å². The first-order valence-corrected chi connectivity index (χ1v) is 21.2. The lowest BCUT2D eigenvalue weighted by molar-refractivity contribution is -0.0501. The smallest absolute Gasteiger partial charge is 0.506 e. The first kappa shape index (κ1) is 47.2. The van der Waals surface area contributed by atoms with Crippen LogP contribution in [-0.2, 0) is 39.6 Å². The maximum Gasteiger partial charge on any atom is 0.534 e. The van der Waals surface area contributed by atoms with Crippen LogP contribution in [0, 0.1) is 0 Å². The number of hydrogen-bond donors (Lipinski definition) is 1. The second-order valence-electron chi connectivity index (χ2n) is 12.8. The molecule has 0 spiro atoms. The van der Waals surface area contributed by atoms with Gasteiger partial charge >= 0.3 is 58.6 Å². The van der Waals surface area contributed by atoms with E-state index in [0.717, 1.165) is 42.8 Å². The second kappa shape index (κ2) is 16.8. The average Bonchev–Trinajstić information content (AvgIpc) is 4.11. The molecule has 0 aliphatic heterocycles. The molecule has 0 unspecified atom stereocenters. The quantitative estimate of drug-likeness (QED) is 0.0761. The Balaban J connectivity index is 0.000000178. The van der Waals surface area contributed by atoms with Crippen LogP contribution in [-0.4, -0.2) is 92.3 Å². The standard InChI is InChI=1S/C13H11F3N2O5S.C12H12N2O3.C8H5F6NO4S2/c1-22-12(19)8-6-17-18-9(8)4-5-10(11(18)7-2-3-7)23-24(20,21)13(14,15)16;1-17-12(16)8-6-13-14-9(8)4-5-10(15)11(14)7-2-3-7;9-7(10,11)20(16,17)15(6-4-2-1-3-5-6)21(18,19)8(12,13)14/h4-7H,2-3H2,1H3;4-7,15H,2-3H2,1H3;1-5H. The van der Waals surface area contributed by atoms with Crippen LogP contribution in [0.4, 0.5) is 45.2 Å². The van der Waals surface area contributed by atoms with E-state index < -0.39 is 73.8 Å². The van der Waals surface area contributed by atoms with Gasteiger partial charge in [0.1, 0.15) is 16.9 Å². The summed E-state index contributed by atoms with van der Waals surface area (Å²) in [7, 11) is -16.9. The van der Waals surface area contributed by atoms with Crippen LogP contribution in [0.3, 0.4) is 0 Å². The number of alkyl halides is 9. The lowest BCUT2D eigenvalue weighted by Crippen LogP contribution is -2.49. The minimum Gasteiger partial charge on any atom is -0.506 e. The van der Waals surface area contributed by atoms with Crippen molar-refractivity contribution in [3.05, 3.63) is 89.5 Å². The predicted molar refractivity (Wildman–Crippen MR) is 193 cm³/mol. The molecular formula is C33H28F9N5O12S3. The van der Waals surface area contributed by atoms with Gasteiger partial charge in [-0.3, -0.25) is 0 Å². The van der Waals surface area contributed by atoms with E-state index in [1.165, 1.54) is 37.2 Å². The van der Waals surface area contributed by atoms with Crippen LogP contribution >= 0.6 is 0 Å². The minimum atomic E-state index is -6.81. The van der Waals surface area contributed by atoms with Gasteiger partial charge in [0.25, 0.3) is 0 Å². The summed E-state index contributed by atoms with van der Waals surface area (Å²) in [5, 5.41) is 18.0. The number of hydrogen-bond acceptors (Lipinski definition) is 14. The second-order valence-corrected chi connectivity index (χ2v) is 18.2. The number of pyridine rings is 2. The zero-order chi connectivity index (χ0) is 46.4. The average molecular weight is 954 g/mol. The fourth-order valence-electron chi connectivity index (χ4n) is 5.50. The summed E-state index contributed by atoms with van der Waals surface area (Å²) >= 11 is 0. The summed E-state index contributed by atoms with van der Waals surface area (Å²) < 4.78 is 194. The third kappa shape index (κ3) is 9.32. The first-order chi connectivity index (χ1) is 28.6. The molecule has 1 aromatic carbocycles. The van der Waals surface area contributed by atoms with E-state index in [1.54, 1.807) is 16.6 Å². The summed E-state index contributed by atoms with van der Waals surface area (Å²) in [5.74, 6) is -1.14. The Labute approximate surface area is 343 Å². The fraction of sp³-hybridized carbons (Fsp3) is 0.333. The van der Waals surface area contributed by atoms with Crippen molar-refractivity contribution in [3.63, 3.8) is 0 Å². The summed E-state index contributed by atoms with van der Waals surface area (Å²) in [5.41, 5.74) is -16.8. The molecule has 2 aliphatic carbocycles. The Morgan fingerprint density at radius 1 is 0.645 bits per heavy atom. The molecule has 2 saturated carbocycles. The van der Waals surface area contributed by atoms with Gasteiger partial charge in [-0.25, -0.2) is 18.6 Å². The van der Waals surface area contributed by atoms with E-state index in [9.17, 15) is 79.5 Å². The number of para-hydroxylation sites is 1. The van der Waals surface area contributed by atoms with Crippen LogP contribution in [0.1, 0.15) is 69.6 Å². The van der Waals surface area contributed by atoms with E-state index in [1.807, 2.05) is 0 Å². The maximum absolute atomic E-state index is 12.5. The van der Waals surface area contributed by atoms with Crippen molar-refractivity contribution in [1.82, 2.24) is 19.2 Å². The van der Waals surface area contributed by atoms with Crippen molar-refractivity contribution in [2.45, 2.75) is 54.0 Å². The Hall–Kier alpha value is -5.84. The van der Waals surface area contributed by atoms with Gasteiger partial charge in [0.2, 0.25) is 0 Å². The molecule has 1 N–H and O–H groups in total. The van der Waals surface area contributed by atoms with Crippen molar-refractivity contribution in [1.29, 1.82) is 0 Å². The number of ether oxygens (including phenoxy) is 2. The Bertz CT molecular complexity index is 2800. The lowest BCUT2D eigenvalue weighted by Gasteiger charge is -2.25. The topological polar surface area (TPSA) is 222 Å². The van der Waals surface area contributed by atoms with Gasteiger partial charge in [-0.15, -0.1) is 3.71 Å². The summed E-state index contributed by atoms with van der Waals surface area (Å²) in [6.07, 6.45) is 6.09. The third-order valence-corrected chi connectivity index (χ3v) is 13.2. The van der Waals surface area contributed by atoms with Gasteiger partial charge in [0.15, 0.2) is 5.75 Å². The predicted octanol–water partition coefficient (Wildman–Crippen LogP) is 6.12. The van der Waals surface area contributed by atoms with Crippen molar-refractivity contribution >= 4 is 58.8 Å². The summed E-state index contributed by atoms with van der Waals surface area (Å²) in [6, 6.07) is 9.48. The number of esters is 2. The van der Waals surface area contributed by atoms with E-state index in [2.05, 4.69) is 19.1 Å². The number of carbonyl (C=O) groups excluding carboxylic acids is 2. The molecule has 17 nitrogen and oxygen atoms in total. The molecule has 29 heteroatoms. The highest BCUT2D eigenvalue weighted by molar-refractivity contribution is 8.11. The van der Waals surface area contributed by atoms with Crippen LogP contribution in [0.2, 0.25) is 0 Å².